The summed E-state index contributed by atoms with van der Waals surface area (Å²) < 4.78 is 38.2. The lowest BCUT2D eigenvalue weighted by Gasteiger charge is -2.35. The Morgan fingerprint density at radius 3 is 1.27 bits per heavy atom. The molecule has 19 nitrogen and oxygen atoms in total. The molecule has 482 valence electrons. The van der Waals surface area contributed by atoms with E-state index in [-0.39, 0.29) is 54.9 Å². The van der Waals surface area contributed by atoms with Crippen molar-refractivity contribution >= 4 is 85.8 Å². The smallest absolute Gasteiger partial charge is 0.410 e. The standard InChI is InChI=1S/C27H32ClN3O5.C23H23ClN2O4.C20H19ClN2O3/c1-2-35-27(33)31-10-9-22-23-15-19(28)5-8-24(23)29-25(22)26(31)18-3-6-21(7-4-18)36-17-20(32)16-30-11-13-34-14-12-30;1-2-28-23(27)26-10-9-18-19-11-15(24)5-8-20(19)25-21(18)22(26)14-3-6-16(7-4-14)29-12-17-13-30-17;1-2-26-20(25)23-10-9-15-16-11-13(21)5-8-17(16)22-18(15)19(23)12-3-6-14(24)7-4-12/h3-8,15,20,26,29,32H,2,9-14,16-17H2,1H3;3-8,11,17,22,25H,2,9-10,12-13H2,1H3;3-8,11,19,22,24H,2,9-10H2,1H3. The molecule has 2 fully saturated rings. The average molecular weight is 1310 g/mol. The molecule has 6 aromatic carbocycles. The second-order valence-corrected chi connectivity index (χ2v) is 24.4. The van der Waals surface area contributed by atoms with Crippen molar-refractivity contribution < 1.29 is 57.8 Å². The molecule has 5 unspecified atom stereocenters. The van der Waals surface area contributed by atoms with Gasteiger partial charge in [0.25, 0.3) is 0 Å². The Labute approximate surface area is 547 Å². The fourth-order valence-electron chi connectivity index (χ4n) is 12.9. The number of epoxide rings is 1. The monoisotopic (exact) mass is 1310 g/mol. The number of aliphatic hydroxyl groups excluding tert-OH is 1. The number of H-pyrrole nitrogens is 3. The number of nitrogens with zero attached hydrogens (tertiary/aromatic N) is 4. The van der Waals surface area contributed by atoms with E-state index in [9.17, 15) is 24.6 Å². The van der Waals surface area contributed by atoms with Crippen molar-refractivity contribution in [1.29, 1.82) is 0 Å². The zero-order valence-corrected chi connectivity index (χ0v) is 53.7. The van der Waals surface area contributed by atoms with Crippen LogP contribution in [0.15, 0.2) is 127 Å². The van der Waals surface area contributed by atoms with Gasteiger partial charge in [0.2, 0.25) is 0 Å². The number of β-amino-alcohol motifs (C(OH)–C–C–N with tert-alkyl or cyclic N) is 1. The number of ether oxygens (including phenoxy) is 7. The molecule has 8 heterocycles. The molecular weight excluding hydrogens is 1240 g/mol. The normalized spacial score (nSPS) is 18.8. The molecule has 0 aliphatic carbocycles. The first-order chi connectivity index (χ1) is 44.7. The molecule has 3 aromatic heterocycles. The highest BCUT2D eigenvalue weighted by Gasteiger charge is 2.39. The van der Waals surface area contributed by atoms with Crippen molar-refractivity contribution in [1.82, 2.24) is 34.6 Å². The van der Waals surface area contributed by atoms with Gasteiger partial charge in [0, 0.05) is 104 Å². The molecule has 0 saturated carbocycles. The Bertz CT molecular complexity index is 4060. The van der Waals surface area contributed by atoms with E-state index in [2.05, 4.69) is 19.9 Å². The lowest BCUT2D eigenvalue weighted by atomic mass is 9.92. The zero-order valence-electron chi connectivity index (χ0n) is 51.4. The number of aromatic hydroxyl groups is 1. The van der Waals surface area contributed by atoms with E-state index in [0.717, 1.165) is 105 Å². The van der Waals surface area contributed by atoms with Gasteiger partial charge in [-0.2, -0.15) is 0 Å². The van der Waals surface area contributed by atoms with Crippen molar-refractivity contribution in [3.8, 4) is 17.2 Å². The summed E-state index contributed by atoms with van der Waals surface area (Å²) in [6.45, 7) is 13.2. The van der Waals surface area contributed by atoms with Crippen LogP contribution in [0, 0.1) is 0 Å². The predicted octanol–water partition coefficient (Wildman–Crippen LogP) is 13.3. The lowest BCUT2D eigenvalue weighted by Crippen LogP contribution is -2.42. The molecule has 5 aliphatic rings. The second-order valence-electron chi connectivity index (χ2n) is 23.1. The number of rotatable bonds is 14. The molecule has 14 rings (SSSR count). The quantitative estimate of drug-likeness (QED) is 0.0506. The third kappa shape index (κ3) is 14.2. The van der Waals surface area contributed by atoms with Crippen LogP contribution in [0.4, 0.5) is 14.4 Å². The molecule has 2 saturated heterocycles. The Morgan fingerprint density at radius 2 is 0.902 bits per heavy atom. The number of hydrogen-bond donors (Lipinski definition) is 5. The molecule has 92 heavy (non-hydrogen) atoms. The summed E-state index contributed by atoms with van der Waals surface area (Å²) in [5.41, 5.74) is 12.3. The first-order valence-corrected chi connectivity index (χ1v) is 32.4. The van der Waals surface area contributed by atoms with E-state index in [0.29, 0.717) is 93.1 Å². The highest BCUT2D eigenvalue weighted by atomic mass is 35.5. The highest BCUT2D eigenvalue weighted by Crippen LogP contribution is 2.43. The molecule has 3 amide bonds. The van der Waals surface area contributed by atoms with Crippen LogP contribution in [0.1, 0.15) is 89.4 Å². The highest BCUT2D eigenvalue weighted by molar-refractivity contribution is 6.32. The van der Waals surface area contributed by atoms with Gasteiger partial charge in [-0.25, -0.2) is 14.4 Å². The maximum absolute atomic E-state index is 12.9. The second kappa shape index (κ2) is 28.8. The number of fused-ring (bicyclic) bond motifs is 9. The summed E-state index contributed by atoms with van der Waals surface area (Å²) in [5.74, 6) is 1.65. The van der Waals surface area contributed by atoms with Crippen molar-refractivity contribution in [2.45, 2.75) is 70.4 Å². The Morgan fingerprint density at radius 1 is 0.533 bits per heavy atom. The third-order valence-electron chi connectivity index (χ3n) is 17.2. The lowest BCUT2D eigenvalue weighted by molar-refractivity contribution is 0.00464. The topological polar surface area (TPSA) is 220 Å². The van der Waals surface area contributed by atoms with Crippen LogP contribution in [0.25, 0.3) is 32.7 Å². The maximum atomic E-state index is 12.9. The molecule has 5 atom stereocenters. The number of nitrogens with one attached hydrogen (secondary N) is 3. The van der Waals surface area contributed by atoms with Crippen LogP contribution < -0.4 is 9.47 Å². The number of amides is 3. The fraction of sp³-hybridized carbons (Fsp3) is 0.357. The van der Waals surface area contributed by atoms with E-state index < -0.39 is 6.10 Å². The minimum Gasteiger partial charge on any atom is -0.508 e. The van der Waals surface area contributed by atoms with Gasteiger partial charge in [-0.3, -0.25) is 19.6 Å². The SMILES string of the molecule is CCOC(=O)N1CCc2c([nH]c3ccc(Cl)cc23)C1c1ccc(O)cc1.CCOC(=O)N1CCc2c([nH]c3ccc(Cl)cc23)C1c1ccc(OCC(O)CN2CCOCC2)cc1.CCOC(=O)N1CCc2c([nH]c3ccc(Cl)cc23)C1c1ccc(OCC2CO2)cc1. The van der Waals surface area contributed by atoms with Crippen LogP contribution in [0.3, 0.4) is 0 Å². The van der Waals surface area contributed by atoms with Gasteiger partial charge in [-0.15, -0.1) is 0 Å². The number of phenolic OH excluding ortho intramolecular Hbond substituents is 1. The van der Waals surface area contributed by atoms with E-state index in [1.165, 1.54) is 16.7 Å². The summed E-state index contributed by atoms with van der Waals surface area (Å²) in [7, 11) is 0. The van der Waals surface area contributed by atoms with Gasteiger partial charge in [0.15, 0.2) is 0 Å². The number of phenols is 1. The Hall–Kier alpha value is -8.14. The predicted molar refractivity (Wildman–Crippen MR) is 353 cm³/mol. The van der Waals surface area contributed by atoms with Crippen molar-refractivity contribution in [3.63, 3.8) is 0 Å². The number of aromatic nitrogens is 3. The molecule has 0 radical (unpaired) electrons. The van der Waals surface area contributed by atoms with Crippen LogP contribution >= 0.6 is 34.8 Å². The summed E-state index contributed by atoms with van der Waals surface area (Å²) in [4.78, 5) is 56.1. The van der Waals surface area contributed by atoms with Gasteiger partial charge in [-0.05, 0) is 164 Å². The van der Waals surface area contributed by atoms with E-state index >= 15 is 0 Å². The maximum Gasteiger partial charge on any atom is 0.410 e. The summed E-state index contributed by atoms with van der Waals surface area (Å²) in [5, 5.41) is 25.4. The average Bonchev–Trinajstić information content (AvgIpc) is 1.59. The van der Waals surface area contributed by atoms with Gasteiger partial charge >= 0.3 is 18.3 Å². The minimum absolute atomic E-state index is 0.191. The van der Waals surface area contributed by atoms with Crippen LogP contribution in [-0.2, 0) is 42.9 Å². The molecule has 5 N–H and O–H groups in total. The van der Waals surface area contributed by atoms with Crippen molar-refractivity contribution in [3.05, 3.63) is 193 Å². The molecule has 0 spiro atoms. The van der Waals surface area contributed by atoms with Crippen molar-refractivity contribution in [2.75, 3.05) is 92.1 Å². The Balaban J connectivity index is 0.000000135. The van der Waals surface area contributed by atoms with E-state index in [1.807, 2.05) is 129 Å². The third-order valence-corrected chi connectivity index (χ3v) is 17.9. The summed E-state index contributed by atoms with van der Waals surface area (Å²) >= 11 is 18.7. The van der Waals surface area contributed by atoms with Crippen LogP contribution in [0.2, 0.25) is 15.1 Å². The minimum atomic E-state index is -0.582. The first-order valence-electron chi connectivity index (χ1n) is 31.3. The van der Waals surface area contributed by atoms with Crippen molar-refractivity contribution in [2.24, 2.45) is 0 Å². The number of hydrogen-bond acceptors (Lipinski definition) is 13. The fourth-order valence-corrected chi connectivity index (χ4v) is 13.4. The number of carbonyl (C=O) groups excluding carboxylic acids is 3. The number of aliphatic hydroxyl groups is 1. The summed E-state index contributed by atoms with van der Waals surface area (Å²) in [6, 6.07) is 39.1. The zero-order chi connectivity index (χ0) is 64.0. The Kier molecular flexibility index (Phi) is 20.0. The molecule has 9 aromatic rings. The van der Waals surface area contributed by atoms with Gasteiger partial charge < -0.3 is 58.3 Å². The van der Waals surface area contributed by atoms with Gasteiger partial charge in [0.05, 0.1) is 39.6 Å². The van der Waals surface area contributed by atoms with Gasteiger partial charge in [0.1, 0.15) is 60.8 Å². The number of morpholine rings is 1. The van der Waals surface area contributed by atoms with E-state index in [4.69, 9.17) is 68.0 Å². The van der Waals surface area contributed by atoms with Gasteiger partial charge in [-0.1, -0.05) is 71.2 Å². The molecule has 0 bridgehead atoms. The first kappa shape index (κ1) is 64.0. The summed E-state index contributed by atoms with van der Waals surface area (Å²) in [6.07, 6.45) is 0.828. The molecular formula is C70H74Cl3N7O12. The number of aromatic amines is 3. The van der Waals surface area contributed by atoms with E-state index in [1.54, 1.807) is 33.8 Å². The van der Waals surface area contributed by atoms with Crippen LogP contribution in [0.5, 0.6) is 17.2 Å². The number of carbonyl (C=O) groups is 3. The largest absolute Gasteiger partial charge is 0.508 e. The number of halogens is 3. The molecule has 22 heteroatoms. The molecule has 5 aliphatic heterocycles. The number of benzene rings is 6. The van der Waals surface area contributed by atoms with Crippen LogP contribution in [-0.4, -0.2) is 167 Å².